The van der Waals surface area contributed by atoms with Crippen LogP contribution in [0, 0.1) is 6.92 Å². The van der Waals surface area contributed by atoms with Crippen LogP contribution in [0.3, 0.4) is 0 Å². The number of carboxylic acid groups (broad SMARTS) is 1. The minimum absolute atomic E-state index is 0.0686. The van der Waals surface area contributed by atoms with Crippen molar-refractivity contribution < 1.29 is 14.6 Å². The molecule has 0 aliphatic rings. The molecule has 0 saturated heterocycles. The fourth-order valence-corrected chi connectivity index (χ4v) is 2.12. The van der Waals surface area contributed by atoms with Gasteiger partial charge in [0.15, 0.2) is 0 Å². The Balaban J connectivity index is 2.13. The van der Waals surface area contributed by atoms with Gasteiger partial charge in [0.2, 0.25) is 0 Å². The molecule has 3 nitrogen and oxygen atoms in total. The van der Waals surface area contributed by atoms with Crippen molar-refractivity contribution in [3.63, 3.8) is 0 Å². The molecule has 0 fully saturated rings. The fourth-order valence-electron chi connectivity index (χ4n) is 1.92. The standard InChI is InChI=1S/C16H15ClO3/c1-11-4-2-7-14(8-11)20-10-15(16(18)19)12-5-3-6-13(17)9-12/h2-9,15H,10H2,1H3,(H,18,19). The van der Waals surface area contributed by atoms with Gasteiger partial charge < -0.3 is 9.84 Å². The van der Waals surface area contributed by atoms with Crippen molar-refractivity contribution in [2.45, 2.75) is 12.8 Å². The molecule has 0 amide bonds. The molecular weight excluding hydrogens is 276 g/mol. The quantitative estimate of drug-likeness (QED) is 0.908. The van der Waals surface area contributed by atoms with E-state index in [4.69, 9.17) is 16.3 Å². The number of hydrogen-bond acceptors (Lipinski definition) is 2. The maximum Gasteiger partial charge on any atom is 0.314 e. The van der Waals surface area contributed by atoms with Crippen molar-refractivity contribution in [3.05, 3.63) is 64.7 Å². The van der Waals surface area contributed by atoms with Crippen LogP contribution in [0.1, 0.15) is 17.0 Å². The van der Waals surface area contributed by atoms with E-state index in [1.54, 1.807) is 24.3 Å². The van der Waals surface area contributed by atoms with Crippen LogP contribution in [-0.2, 0) is 4.79 Å². The zero-order chi connectivity index (χ0) is 14.5. The van der Waals surface area contributed by atoms with Gasteiger partial charge in [0.1, 0.15) is 18.3 Å². The van der Waals surface area contributed by atoms with Crippen LogP contribution < -0.4 is 4.74 Å². The Morgan fingerprint density at radius 2 is 2.00 bits per heavy atom. The van der Waals surface area contributed by atoms with Crippen LogP contribution in [-0.4, -0.2) is 17.7 Å². The predicted octanol–water partition coefficient (Wildman–Crippen LogP) is 3.90. The molecule has 0 aliphatic carbocycles. The largest absolute Gasteiger partial charge is 0.492 e. The molecule has 104 valence electrons. The Morgan fingerprint density at radius 1 is 1.25 bits per heavy atom. The van der Waals surface area contributed by atoms with Gasteiger partial charge >= 0.3 is 5.97 Å². The minimum Gasteiger partial charge on any atom is -0.492 e. The maximum absolute atomic E-state index is 11.4. The lowest BCUT2D eigenvalue weighted by atomic mass is 10.0. The number of benzene rings is 2. The third-order valence-corrected chi connectivity index (χ3v) is 3.19. The van der Waals surface area contributed by atoms with Crippen molar-refractivity contribution in [3.8, 4) is 5.75 Å². The molecule has 0 heterocycles. The third kappa shape index (κ3) is 3.75. The molecule has 2 aromatic carbocycles. The highest BCUT2D eigenvalue weighted by molar-refractivity contribution is 6.30. The second-order valence-electron chi connectivity index (χ2n) is 4.57. The summed E-state index contributed by atoms with van der Waals surface area (Å²) in [5.41, 5.74) is 1.70. The highest BCUT2D eigenvalue weighted by Gasteiger charge is 2.21. The van der Waals surface area contributed by atoms with E-state index in [1.807, 2.05) is 31.2 Å². The van der Waals surface area contributed by atoms with Gasteiger partial charge in [-0.25, -0.2) is 0 Å². The van der Waals surface area contributed by atoms with Crippen LogP contribution in [0.2, 0.25) is 5.02 Å². The predicted molar refractivity (Wildman–Crippen MR) is 78.5 cm³/mol. The summed E-state index contributed by atoms with van der Waals surface area (Å²) in [5, 5.41) is 9.84. The number of carbonyl (C=O) groups is 1. The number of hydrogen-bond donors (Lipinski definition) is 1. The molecule has 0 radical (unpaired) electrons. The monoisotopic (exact) mass is 290 g/mol. The lowest BCUT2D eigenvalue weighted by Crippen LogP contribution is -2.19. The van der Waals surface area contributed by atoms with Crippen molar-refractivity contribution in [1.29, 1.82) is 0 Å². The zero-order valence-corrected chi connectivity index (χ0v) is 11.8. The molecule has 1 unspecified atom stereocenters. The van der Waals surface area contributed by atoms with Crippen LogP contribution in [0.25, 0.3) is 0 Å². The Hall–Kier alpha value is -2.00. The normalized spacial score (nSPS) is 11.9. The van der Waals surface area contributed by atoms with Crippen LogP contribution in [0.5, 0.6) is 5.75 Å². The summed E-state index contributed by atoms with van der Waals surface area (Å²) in [5.74, 6) is -1.01. The molecule has 0 aliphatic heterocycles. The Morgan fingerprint density at radius 3 is 2.65 bits per heavy atom. The van der Waals surface area contributed by atoms with E-state index in [-0.39, 0.29) is 6.61 Å². The third-order valence-electron chi connectivity index (χ3n) is 2.96. The molecule has 0 aromatic heterocycles. The highest BCUT2D eigenvalue weighted by Crippen LogP contribution is 2.22. The molecular formula is C16H15ClO3. The number of carboxylic acids is 1. The van der Waals surface area contributed by atoms with Gasteiger partial charge in [0, 0.05) is 5.02 Å². The first-order valence-corrected chi connectivity index (χ1v) is 6.62. The molecule has 1 N–H and O–H groups in total. The number of ether oxygens (including phenoxy) is 1. The Kier molecular flexibility index (Phi) is 4.64. The van der Waals surface area contributed by atoms with E-state index in [2.05, 4.69) is 0 Å². The van der Waals surface area contributed by atoms with Crippen LogP contribution in [0.4, 0.5) is 0 Å². The molecule has 4 heteroatoms. The molecule has 2 aromatic rings. The van der Waals surface area contributed by atoms with Gasteiger partial charge in [0.25, 0.3) is 0 Å². The first kappa shape index (κ1) is 14.4. The highest BCUT2D eigenvalue weighted by atomic mass is 35.5. The first-order chi connectivity index (χ1) is 9.56. The van der Waals surface area contributed by atoms with E-state index in [0.717, 1.165) is 5.56 Å². The van der Waals surface area contributed by atoms with Crippen LogP contribution >= 0.6 is 11.6 Å². The van der Waals surface area contributed by atoms with Crippen LogP contribution in [0.15, 0.2) is 48.5 Å². The summed E-state index contributed by atoms with van der Waals surface area (Å²) in [6.45, 7) is 2.03. The van der Waals surface area contributed by atoms with Gasteiger partial charge in [-0.15, -0.1) is 0 Å². The van der Waals surface area contributed by atoms with E-state index in [9.17, 15) is 9.90 Å². The Bertz CT molecular complexity index is 610. The molecule has 1 atom stereocenters. The first-order valence-electron chi connectivity index (χ1n) is 6.24. The minimum atomic E-state index is -0.931. The van der Waals surface area contributed by atoms with E-state index in [0.29, 0.717) is 16.3 Å². The number of aryl methyl sites for hydroxylation is 1. The summed E-state index contributed by atoms with van der Waals surface area (Å²) in [6, 6.07) is 14.4. The van der Waals surface area contributed by atoms with Crippen molar-refractivity contribution in [1.82, 2.24) is 0 Å². The molecule has 0 saturated carbocycles. The van der Waals surface area contributed by atoms with E-state index >= 15 is 0 Å². The average molecular weight is 291 g/mol. The van der Waals surface area contributed by atoms with Gasteiger partial charge in [-0.05, 0) is 42.3 Å². The topological polar surface area (TPSA) is 46.5 Å². The summed E-state index contributed by atoms with van der Waals surface area (Å²) in [4.78, 5) is 11.4. The van der Waals surface area contributed by atoms with Gasteiger partial charge in [0.05, 0.1) is 0 Å². The lowest BCUT2D eigenvalue weighted by molar-refractivity contribution is -0.139. The Labute approximate surface area is 122 Å². The summed E-state index contributed by atoms with van der Waals surface area (Å²) in [6.07, 6.45) is 0. The zero-order valence-electron chi connectivity index (χ0n) is 11.0. The van der Waals surface area contributed by atoms with Gasteiger partial charge in [-0.2, -0.15) is 0 Å². The fraction of sp³-hybridized carbons (Fsp3) is 0.188. The van der Waals surface area contributed by atoms with Crippen molar-refractivity contribution >= 4 is 17.6 Å². The number of rotatable bonds is 5. The molecule has 0 bridgehead atoms. The van der Waals surface area contributed by atoms with Gasteiger partial charge in [-0.3, -0.25) is 4.79 Å². The smallest absolute Gasteiger partial charge is 0.314 e. The maximum atomic E-state index is 11.4. The summed E-state index contributed by atoms with van der Waals surface area (Å²) < 4.78 is 5.58. The van der Waals surface area contributed by atoms with Gasteiger partial charge in [-0.1, -0.05) is 35.9 Å². The van der Waals surface area contributed by atoms with E-state index in [1.165, 1.54) is 0 Å². The second-order valence-corrected chi connectivity index (χ2v) is 5.01. The molecule has 0 spiro atoms. The summed E-state index contributed by atoms with van der Waals surface area (Å²) >= 11 is 5.90. The van der Waals surface area contributed by atoms with E-state index < -0.39 is 11.9 Å². The number of halogens is 1. The van der Waals surface area contributed by atoms with Crippen molar-refractivity contribution in [2.24, 2.45) is 0 Å². The second kappa shape index (κ2) is 6.44. The molecule has 2 rings (SSSR count). The molecule has 20 heavy (non-hydrogen) atoms. The number of aliphatic carboxylic acids is 1. The lowest BCUT2D eigenvalue weighted by Gasteiger charge is -2.14. The van der Waals surface area contributed by atoms with Crippen molar-refractivity contribution in [2.75, 3.05) is 6.61 Å². The average Bonchev–Trinajstić information content (AvgIpc) is 2.38. The summed E-state index contributed by atoms with van der Waals surface area (Å²) in [7, 11) is 0. The SMILES string of the molecule is Cc1cccc(OCC(C(=O)O)c2cccc(Cl)c2)c1.